The van der Waals surface area contributed by atoms with E-state index in [1.54, 1.807) is 0 Å². The summed E-state index contributed by atoms with van der Waals surface area (Å²) in [6.07, 6.45) is -0.159. The Balaban J connectivity index is 2.02. The molecule has 0 bridgehead atoms. The zero-order chi connectivity index (χ0) is 16.2. The minimum Gasteiger partial charge on any atom is -0.412 e. The Morgan fingerprint density at radius 3 is 2.19 bits per heavy atom. The fraction of sp³-hybridized carbons (Fsp3) is 1.00. The monoisotopic (exact) mass is 316 g/mol. The summed E-state index contributed by atoms with van der Waals surface area (Å²) in [5, 5.41) is 0.202. The van der Waals surface area contributed by atoms with Gasteiger partial charge in [0.1, 0.15) is 6.10 Å². The third-order valence-electron chi connectivity index (χ3n) is 5.17. The maximum Gasteiger partial charge on any atom is 0.192 e. The fourth-order valence-corrected chi connectivity index (χ4v) is 4.35. The Bertz CT molecular complexity index is 388. The van der Waals surface area contributed by atoms with E-state index in [0.717, 1.165) is 0 Å². The molecule has 5 heteroatoms. The highest BCUT2D eigenvalue weighted by molar-refractivity contribution is 6.74. The number of rotatable bonds is 3. The summed E-state index contributed by atoms with van der Waals surface area (Å²) in [7, 11) is -1.79. The second-order valence-electron chi connectivity index (χ2n) is 8.51. The molecule has 0 amide bonds. The first-order valence-electron chi connectivity index (χ1n) is 8.03. The van der Waals surface area contributed by atoms with Crippen molar-refractivity contribution in [2.24, 2.45) is 5.92 Å². The van der Waals surface area contributed by atoms with Crippen LogP contribution in [-0.4, -0.2) is 38.7 Å². The average molecular weight is 317 g/mol. The normalized spacial score (nSPS) is 37.6. The second kappa shape index (κ2) is 5.30. The van der Waals surface area contributed by atoms with Crippen molar-refractivity contribution in [3.8, 4) is 0 Å². The minimum atomic E-state index is -1.79. The smallest absolute Gasteiger partial charge is 0.192 e. The van der Waals surface area contributed by atoms with Gasteiger partial charge in [0.2, 0.25) is 0 Å². The second-order valence-corrected chi connectivity index (χ2v) is 13.3. The van der Waals surface area contributed by atoms with Crippen molar-refractivity contribution >= 4 is 8.32 Å². The van der Waals surface area contributed by atoms with Crippen LogP contribution in [-0.2, 0) is 18.6 Å². The first-order valence-corrected chi connectivity index (χ1v) is 10.9. The molecular formula is C16H32O4Si. The van der Waals surface area contributed by atoms with Crippen LogP contribution in [0.4, 0.5) is 0 Å². The molecule has 5 atom stereocenters. The van der Waals surface area contributed by atoms with E-state index in [1.807, 2.05) is 13.8 Å². The Hall–Kier alpha value is 0.0569. The highest BCUT2D eigenvalue weighted by Gasteiger charge is 2.55. The molecule has 2 fully saturated rings. The van der Waals surface area contributed by atoms with Gasteiger partial charge in [-0.05, 0) is 38.9 Å². The molecule has 2 heterocycles. The lowest BCUT2D eigenvalue weighted by molar-refractivity contribution is -0.217. The highest BCUT2D eigenvalue weighted by Crippen LogP contribution is 2.43. The van der Waals surface area contributed by atoms with Crippen LogP contribution in [0, 0.1) is 5.92 Å². The molecule has 0 radical (unpaired) electrons. The molecule has 2 aliphatic rings. The molecule has 0 N–H and O–H groups in total. The van der Waals surface area contributed by atoms with Gasteiger partial charge in [0.25, 0.3) is 0 Å². The standard InChI is InChI=1S/C16H32O4Si/c1-10-12(11(2)20-21(8,9)15(3,4)5)17-14-13(10)18-16(6,7)19-14/h10-14H,1-9H3/t10-,11-,12+,13-,14-/m1/s1. The van der Waals surface area contributed by atoms with Gasteiger partial charge < -0.3 is 18.6 Å². The molecule has 2 saturated heterocycles. The van der Waals surface area contributed by atoms with E-state index in [9.17, 15) is 0 Å². The van der Waals surface area contributed by atoms with Gasteiger partial charge in [-0.1, -0.05) is 27.7 Å². The van der Waals surface area contributed by atoms with Crippen LogP contribution >= 0.6 is 0 Å². The topological polar surface area (TPSA) is 36.9 Å². The van der Waals surface area contributed by atoms with E-state index >= 15 is 0 Å². The Kier molecular flexibility index (Phi) is 4.40. The minimum absolute atomic E-state index is 0.00969. The predicted octanol–water partition coefficient (Wildman–Crippen LogP) is 3.91. The molecule has 0 aromatic rings. The van der Waals surface area contributed by atoms with Gasteiger partial charge in [0.15, 0.2) is 20.4 Å². The fourth-order valence-electron chi connectivity index (χ4n) is 2.93. The highest BCUT2D eigenvalue weighted by atomic mass is 28.4. The molecule has 0 aliphatic carbocycles. The van der Waals surface area contributed by atoms with Crippen LogP contribution in [0.5, 0.6) is 0 Å². The molecule has 2 aliphatic heterocycles. The lowest BCUT2D eigenvalue weighted by Gasteiger charge is -2.40. The van der Waals surface area contributed by atoms with Gasteiger partial charge in [-0.15, -0.1) is 0 Å². The van der Waals surface area contributed by atoms with Crippen molar-refractivity contribution < 1.29 is 18.6 Å². The summed E-state index contributed by atoms with van der Waals surface area (Å²) < 4.78 is 24.4. The van der Waals surface area contributed by atoms with Gasteiger partial charge in [-0.3, -0.25) is 0 Å². The van der Waals surface area contributed by atoms with Gasteiger partial charge >= 0.3 is 0 Å². The van der Waals surface area contributed by atoms with Crippen LogP contribution in [0.3, 0.4) is 0 Å². The molecule has 0 spiro atoms. The lowest BCUT2D eigenvalue weighted by Crippen LogP contribution is -2.47. The van der Waals surface area contributed by atoms with E-state index in [4.69, 9.17) is 18.6 Å². The van der Waals surface area contributed by atoms with Crippen LogP contribution in [0.15, 0.2) is 0 Å². The van der Waals surface area contributed by atoms with Gasteiger partial charge in [-0.25, -0.2) is 0 Å². The van der Waals surface area contributed by atoms with Crippen molar-refractivity contribution in [1.29, 1.82) is 0 Å². The summed E-state index contributed by atoms with van der Waals surface area (Å²) in [5.41, 5.74) is 0. The first kappa shape index (κ1) is 17.4. The summed E-state index contributed by atoms with van der Waals surface area (Å²) in [5.74, 6) is -0.269. The zero-order valence-corrected chi connectivity index (χ0v) is 16.0. The largest absolute Gasteiger partial charge is 0.412 e. The van der Waals surface area contributed by atoms with E-state index in [2.05, 4.69) is 47.7 Å². The molecule has 124 valence electrons. The van der Waals surface area contributed by atoms with E-state index in [-0.39, 0.29) is 35.6 Å². The van der Waals surface area contributed by atoms with Gasteiger partial charge in [-0.2, -0.15) is 0 Å². The van der Waals surface area contributed by atoms with Crippen molar-refractivity contribution in [1.82, 2.24) is 0 Å². The number of hydrogen-bond donors (Lipinski definition) is 0. The maximum atomic E-state index is 6.48. The predicted molar refractivity (Wildman–Crippen MR) is 85.6 cm³/mol. The summed E-state index contributed by atoms with van der Waals surface area (Å²) in [6.45, 7) is 19.5. The van der Waals surface area contributed by atoms with Crippen LogP contribution in [0.2, 0.25) is 18.1 Å². The third-order valence-corrected chi connectivity index (χ3v) is 9.74. The zero-order valence-electron chi connectivity index (χ0n) is 15.0. The molecule has 0 aromatic heterocycles. The maximum absolute atomic E-state index is 6.48. The van der Waals surface area contributed by atoms with Crippen LogP contribution in [0.1, 0.15) is 48.5 Å². The first-order chi connectivity index (χ1) is 9.34. The molecule has 2 rings (SSSR count). The average Bonchev–Trinajstić information content (AvgIpc) is 2.71. The molecule has 0 aromatic carbocycles. The Labute approximate surface area is 130 Å². The van der Waals surface area contributed by atoms with Crippen LogP contribution in [0.25, 0.3) is 0 Å². The molecule has 4 nitrogen and oxygen atoms in total. The molecule has 21 heavy (non-hydrogen) atoms. The number of ether oxygens (including phenoxy) is 3. The lowest BCUT2D eigenvalue weighted by atomic mass is 9.98. The van der Waals surface area contributed by atoms with Crippen LogP contribution < -0.4 is 0 Å². The quantitative estimate of drug-likeness (QED) is 0.740. The van der Waals surface area contributed by atoms with Crippen molar-refractivity contribution in [3.63, 3.8) is 0 Å². The van der Waals surface area contributed by atoms with E-state index in [0.29, 0.717) is 0 Å². The number of hydrogen-bond acceptors (Lipinski definition) is 4. The molecule has 0 saturated carbocycles. The Morgan fingerprint density at radius 2 is 1.71 bits per heavy atom. The molecule has 0 unspecified atom stereocenters. The third kappa shape index (κ3) is 3.37. The van der Waals surface area contributed by atoms with Crippen molar-refractivity contribution in [2.45, 2.75) is 97.0 Å². The van der Waals surface area contributed by atoms with E-state index < -0.39 is 14.1 Å². The molecular weight excluding hydrogens is 284 g/mol. The van der Waals surface area contributed by atoms with E-state index in [1.165, 1.54) is 0 Å². The Morgan fingerprint density at radius 1 is 1.14 bits per heavy atom. The van der Waals surface area contributed by atoms with Crippen molar-refractivity contribution in [3.05, 3.63) is 0 Å². The summed E-state index contributed by atoms with van der Waals surface area (Å²) >= 11 is 0. The van der Waals surface area contributed by atoms with Gasteiger partial charge in [0.05, 0.1) is 12.2 Å². The summed E-state index contributed by atoms with van der Waals surface area (Å²) in [4.78, 5) is 0. The van der Waals surface area contributed by atoms with Gasteiger partial charge in [0, 0.05) is 5.92 Å². The van der Waals surface area contributed by atoms with Crippen molar-refractivity contribution in [2.75, 3.05) is 0 Å². The summed E-state index contributed by atoms with van der Waals surface area (Å²) in [6, 6.07) is 0. The number of fused-ring (bicyclic) bond motifs is 1. The SMILES string of the molecule is C[C@H]1[C@H]2OC(C)(C)O[C@H]2O[C@@H]1[C@@H](C)O[Si](C)(C)C(C)(C)C.